The Balaban J connectivity index is 2.05. The van der Waals surface area contributed by atoms with Gasteiger partial charge in [0.25, 0.3) is 5.91 Å². The van der Waals surface area contributed by atoms with Crippen LogP contribution in [0.2, 0.25) is 5.02 Å². The smallest absolute Gasteiger partial charge is 0.250 e. The lowest BCUT2D eigenvalue weighted by Crippen LogP contribution is -2.35. The van der Waals surface area contributed by atoms with Crippen molar-refractivity contribution >= 4 is 23.2 Å². The lowest BCUT2D eigenvalue weighted by atomic mass is 9.93. The molecule has 0 aliphatic carbocycles. The third-order valence-electron chi connectivity index (χ3n) is 3.98. The third kappa shape index (κ3) is 3.64. The van der Waals surface area contributed by atoms with Crippen LogP contribution in [0.5, 0.6) is 0 Å². The number of halogens is 1. The second-order valence-electron chi connectivity index (χ2n) is 5.35. The van der Waals surface area contributed by atoms with Crippen molar-refractivity contribution in [1.29, 1.82) is 0 Å². The van der Waals surface area contributed by atoms with Crippen LogP contribution in [-0.4, -0.2) is 32.6 Å². The van der Waals surface area contributed by atoms with Gasteiger partial charge in [-0.2, -0.15) is 0 Å². The number of nitrogens with zero attached hydrogens (tertiary/aromatic N) is 1. The van der Waals surface area contributed by atoms with Gasteiger partial charge in [-0.3, -0.25) is 4.79 Å². The molecule has 1 saturated heterocycles. The van der Waals surface area contributed by atoms with Crippen LogP contribution < -0.4 is 16.0 Å². The van der Waals surface area contributed by atoms with Crippen molar-refractivity contribution in [2.45, 2.75) is 19.3 Å². The molecule has 0 radical (unpaired) electrons. The summed E-state index contributed by atoms with van der Waals surface area (Å²) in [4.78, 5) is 13.8. The van der Waals surface area contributed by atoms with Crippen molar-refractivity contribution in [2.75, 3.05) is 31.6 Å². The highest BCUT2D eigenvalue weighted by Gasteiger charge is 2.22. The average molecular weight is 296 g/mol. The number of rotatable bonds is 5. The number of amides is 1. The fourth-order valence-electron chi connectivity index (χ4n) is 2.79. The van der Waals surface area contributed by atoms with E-state index >= 15 is 0 Å². The fraction of sp³-hybridized carbons (Fsp3) is 0.533. The van der Waals surface area contributed by atoms with Crippen LogP contribution in [-0.2, 0) is 0 Å². The second-order valence-corrected chi connectivity index (χ2v) is 5.78. The molecule has 1 aliphatic heterocycles. The minimum atomic E-state index is -0.417. The molecule has 1 aliphatic rings. The number of nitrogens with one attached hydrogen (secondary N) is 1. The summed E-state index contributed by atoms with van der Waals surface area (Å²) in [7, 11) is 1.99. The summed E-state index contributed by atoms with van der Waals surface area (Å²) in [5, 5.41) is 3.75. The molecule has 1 amide bonds. The lowest BCUT2D eigenvalue weighted by Gasteiger charge is -2.34. The summed E-state index contributed by atoms with van der Waals surface area (Å²) in [6, 6.07) is 5.37. The molecule has 1 heterocycles. The standard InChI is InChI=1S/C15H22ClN3O/c1-18-7-4-11-5-8-19(9-6-11)14-3-2-12(16)10-13(14)15(17)20/h2-3,10-11,18H,4-9H2,1H3,(H2,17,20). The van der Waals surface area contributed by atoms with E-state index in [-0.39, 0.29) is 0 Å². The Kier molecular flexibility index (Phi) is 5.26. The summed E-state index contributed by atoms with van der Waals surface area (Å²) in [6.45, 7) is 3.00. The monoisotopic (exact) mass is 295 g/mol. The molecule has 4 nitrogen and oxygen atoms in total. The average Bonchev–Trinajstić information content (AvgIpc) is 2.45. The second kappa shape index (κ2) is 6.95. The van der Waals surface area contributed by atoms with E-state index in [9.17, 15) is 4.79 Å². The number of hydrogen-bond acceptors (Lipinski definition) is 3. The molecule has 1 fully saturated rings. The van der Waals surface area contributed by atoms with Crippen molar-refractivity contribution in [3.05, 3.63) is 28.8 Å². The minimum absolute atomic E-state index is 0.417. The van der Waals surface area contributed by atoms with Crippen LogP contribution in [0, 0.1) is 5.92 Å². The van der Waals surface area contributed by atoms with Gasteiger partial charge in [-0.1, -0.05) is 11.6 Å². The van der Waals surface area contributed by atoms with Crippen molar-refractivity contribution < 1.29 is 4.79 Å². The van der Waals surface area contributed by atoms with Crippen LogP contribution in [0.25, 0.3) is 0 Å². The number of primary amides is 1. The number of piperidine rings is 1. The minimum Gasteiger partial charge on any atom is -0.371 e. The van der Waals surface area contributed by atoms with Gasteiger partial charge in [-0.05, 0) is 57.0 Å². The SMILES string of the molecule is CNCCC1CCN(c2ccc(Cl)cc2C(N)=O)CC1. The number of carbonyl (C=O) groups is 1. The summed E-state index contributed by atoms with van der Waals surface area (Å²) in [6.07, 6.45) is 3.53. The number of nitrogens with two attached hydrogens (primary N) is 1. The summed E-state index contributed by atoms with van der Waals surface area (Å²) < 4.78 is 0. The van der Waals surface area contributed by atoms with Crippen LogP contribution >= 0.6 is 11.6 Å². The van der Waals surface area contributed by atoms with Crippen molar-refractivity contribution in [2.24, 2.45) is 11.7 Å². The molecule has 110 valence electrons. The topological polar surface area (TPSA) is 58.4 Å². The Morgan fingerprint density at radius 3 is 2.75 bits per heavy atom. The largest absolute Gasteiger partial charge is 0.371 e. The highest BCUT2D eigenvalue weighted by molar-refractivity contribution is 6.31. The summed E-state index contributed by atoms with van der Waals surface area (Å²) in [5.41, 5.74) is 6.88. The van der Waals surface area contributed by atoms with E-state index in [1.165, 1.54) is 6.42 Å². The first-order valence-electron chi connectivity index (χ1n) is 7.10. The Morgan fingerprint density at radius 2 is 2.15 bits per heavy atom. The van der Waals surface area contributed by atoms with E-state index in [0.717, 1.165) is 44.1 Å². The van der Waals surface area contributed by atoms with Crippen LogP contribution in [0.4, 0.5) is 5.69 Å². The first kappa shape index (κ1) is 15.1. The molecule has 0 aromatic heterocycles. The zero-order valence-corrected chi connectivity index (χ0v) is 12.6. The Bertz CT molecular complexity index is 470. The molecule has 20 heavy (non-hydrogen) atoms. The zero-order valence-electron chi connectivity index (χ0n) is 11.9. The molecule has 5 heteroatoms. The van der Waals surface area contributed by atoms with Gasteiger partial charge >= 0.3 is 0 Å². The van der Waals surface area contributed by atoms with Crippen LogP contribution in [0.15, 0.2) is 18.2 Å². The molecule has 0 unspecified atom stereocenters. The lowest BCUT2D eigenvalue weighted by molar-refractivity contribution is 0.100. The predicted molar refractivity (Wildman–Crippen MR) is 83.5 cm³/mol. The highest BCUT2D eigenvalue weighted by atomic mass is 35.5. The molecule has 0 saturated carbocycles. The molecule has 1 aromatic rings. The number of benzene rings is 1. The number of anilines is 1. The molecule has 1 aromatic carbocycles. The first-order valence-corrected chi connectivity index (χ1v) is 7.48. The Labute approximate surface area is 125 Å². The molecule has 0 atom stereocenters. The van der Waals surface area contributed by atoms with E-state index in [1.807, 2.05) is 19.2 Å². The Hall–Kier alpha value is -1.26. The van der Waals surface area contributed by atoms with Crippen LogP contribution in [0.1, 0.15) is 29.6 Å². The summed E-state index contributed by atoms with van der Waals surface area (Å²) in [5.74, 6) is 0.350. The van der Waals surface area contributed by atoms with Crippen molar-refractivity contribution in [3.8, 4) is 0 Å². The van der Waals surface area contributed by atoms with Crippen molar-refractivity contribution in [1.82, 2.24) is 5.32 Å². The van der Waals surface area contributed by atoms with E-state index in [2.05, 4.69) is 10.2 Å². The first-order chi connectivity index (χ1) is 9.61. The molecular weight excluding hydrogens is 274 g/mol. The number of carbonyl (C=O) groups excluding carboxylic acids is 1. The maximum atomic E-state index is 11.6. The Morgan fingerprint density at radius 1 is 1.45 bits per heavy atom. The van der Waals surface area contributed by atoms with Crippen LogP contribution in [0.3, 0.4) is 0 Å². The molecular formula is C15H22ClN3O. The van der Waals surface area contributed by atoms with Gasteiger partial charge in [-0.15, -0.1) is 0 Å². The normalized spacial score (nSPS) is 16.4. The van der Waals surface area contributed by atoms with Gasteiger partial charge in [0, 0.05) is 23.8 Å². The van der Waals surface area contributed by atoms with E-state index in [0.29, 0.717) is 10.6 Å². The van der Waals surface area contributed by atoms with Gasteiger partial charge in [-0.25, -0.2) is 0 Å². The predicted octanol–water partition coefficient (Wildman–Crippen LogP) is 2.26. The third-order valence-corrected chi connectivity index (χ3v) is 4.22. The van der Waals surface area contributed by atoms with Gasteiger partial charge in [0.15, 0.2) is 0 Å². The van der Waals surface area contributed by atoms with Gasteiger partial charge in [0.1, 0.15) is 0 Å². The maximum absolute atomic E-state index is 11.6. The molecule has 0 spiro atoms. The molecule has 2 rings (SSSR count). The fourth-order valence-corrected chi connectivity index (χ4v) is 2.96. The highest BCUT2D eigenvalue weighted by Crippen LogP contribution is 2.29. The van der Waals surface area contributed by atoms with Crippen molar-refractivity contribution in [3.63, 3.8) is 0 Å². The van der Waals surface area contributed by atoms with E-state index in [4.69, 9.17) is 17.3 Å². The van der Waals surface area contributed by atoms with Gasteiger partial charge < -0.3 is 16.0 Å². The maximum Gasteiger partial charge on any atom is 0.250 e. The molecule has 0 bridgehead atoms. The van der Waals surface area contributed by atoms with E-state index in [1.54, 1.807) is 6.07 Å². The number of hydrogen-bond donors (Lipinski definition) is 2. The zero-order chi connectivity index (χ0) is 14.5. The van der Waals surface area contributed by atoms with E-state index < -0.39 is 5.91 Å². The quantitative estimate of drug-likeness (QED) is 0.876. The van der Waals surface area contributed by atoms with Gasteiger partial charge in [0.05, 0.1) is 5.56 Å². The van der Waals surface area contributed by atoms with Gasteiger partial charge in [0.2, 0.25) is 0 Å². The molecule has 3 N–H and O–H groups in total. The summed E-state index contributed by atoms with van der Waals surface area (Å²) >= 11 is 5.95.